The first kappa shape index (κ1) is 20.8. The van der Waals surface area contributed by atoms with Crippen molar-refractivity contribution in [2.75, 3.05) is 18.5 Å². The molecule has 0 bridgehead atoms. The second kappa shape index (κ2) is 8.43. The number of esters is 1. The van der Waals surface area contributed by atoms with Gasteiger partial charge >= 0.3 is 12.1 Å². The molecule has 146 valence electrons. The number of nitrogens with one attached hydrogen (secondary N) is 1. The van der Waals surface area contributed by atoms with Crippen LogP contribution in [0.15, 0.2) is 18.3 Å². The van der Waals surface area contributed by atoms with E-state index >= 15 is 0 Å². The van der Waals surface area contributed by atoms with Gasteiger partial charge in [-0.15, -0.1) is 0 Å². The molecule has 10 heteroatoms. The van der Waals surface area contributed by atoms with Crippen molar-refractivity contribution in [3.63, 3.8) is 0 Å². The molecule has 6 nitrogen and oxygen atoms in total. The van der Waals surface area contributed by atoms with E-state index in [9.17, 15) is 18.0 Å². The van der Waals surface area contributed by atoms with Crippen LogP contribution in [-0.4, -0.2) is 33.9 Å². The molecule has 2 aromatic heterocycles. The Balaban J connectivity index is 1.83. The zero-order valence-electron chi connectivity index (χ0n) is 14.9. The number of hydrogen-bond acceptors (Lipinski definition) is 5. The molecule has 0 aliphatic rings. The molecule has 2 aromatic rings. The third-order valence-electron chi connectivity index (χ3n) is 3.76. The molecule has 2 heterocycles. The van der Waals surface area contributed by atoms with Crippen molar-refractivity contribution < 1.29 is 22.7 Å². The number of ether oxygens (including phenoxy) is 1. The van der Waals surface area contributed by atoms with E-state index in [1.165, 1.54) is 6.08 Å². The lowest BCUT2D eigenvalue weighted by molar-refractivity contribution is -0.138. The van der Waals surface area contributed by atoms with E-state index < -0.39 is 17.7 Å². The van der Waals surface area contributed by atoms with Gasteiger partial charge in [0.1, 0.15) is 12.4 Å². The Morgan fingerprint density at radius 2 is 2.11 bits per heavy atom. The van der Waals surface area contributed by atoms with Crippen LogP contribution in [0, 0.1) is 13.8 Å². The van der Waals surface area contributed by atoms with Crippen molar-refractivity contribution in [3.8, 4) is 0 Å². The highest BCUT2D eigenvalue weighted by Gasteiger charge is 2.31. The number of hydrogen-bond donors (Lipinski definition) is 1. The number of aryl methyl sites for hydroxylation is 2. The van der Waals surface area contributed by atoms with Gasteiger partial charge in [0.15, 0.2) is 0 Å². The summed E-state index contributed by atoms with van der Waals surface area (Å²) in [5.41, 5.74) is 1.62. The van der Waals surface area contributed by atoms with Crippen LogP contribution >= 0.6 is 11.6 Å². The Bertz CT molecular complexity index is 863. The Kier molecular flexibility index (Phi) is 6.48. The monoisotopic (exact) mass is 402 g/mol. The summed E-state index contributed by atoms with van der Waals surface area (Å²) in [4.78, 5) is 15.4. The molecular weight excluding hydrogens is 385 g/mol. The fourth-order valence-corrected chi connectivity index (χ4v) is 2.51. The van der Waals surface area contributed by atoms with Gasteiger partial charge in [-0.05, 0) is 26.0 Å². The Morgan fingerprint density at radius 1 is 1.41 bits per heavy atom. The minimum atomic E-state index is -4.51. The van der Waals surface area contributed by atoms with E-state index in [2.05, 4.69) is 15.4 Å². The second-order valence-corrected chi connectivity index (χ2v) is 6.10. The smallest absolute Gasteiger partial charge is 0.417 e. The lowest BCUT2D eigenvalue weighted by Crippen LogP contribution is -2.14. The number of pyridine rings is 1. The van der Waals surface area contributed by atoms with Crippen LogP contribution in [0.1, 0.15) is 22.5 Å². The first-order chi connectivity index (χ1) is 12.6. The van der Waals surface area contributed by atoms with Crippen LogP contribution < -0.4 is 5.32 Å². The van der Waals surface area contributed by atoms with E-state index in [0.29, 0.717) is 6.20 Å². The van der Waals surface area contributed by atoms with Gasteiger partial charge in [-0.25, -0.2) is 9.78 Å². The topological polar surface area (TPSA) is 69.0 Å². The number of nitrogens with zero attached hydrogens (tertiary/aromatic N) is 3. The summed E-state index contributed by atoms with van der Waals surface area (Å²) in [6.45, 7) is 3.86. The summed E-state index contributed by atoms with van der Waals surface area (Å²) in [6, 6.07) is 0.782. The molecule has 0 radical (unpaired) electrons. The molecule has 27 heavy (non-hydrogen) atoms. The van der Waals surface area contributed by atoms with Gasteiger partial charge in [-0.3, -0.25) is 4.68 Å². The van der Waals surface area contributed by atoms with Crippen LogP contribution in [0.25, 0.3) is 6.08 Å². The molecule has 0 saturated heterocycles. The van der Waals surface area contributed by atoms with Crippen molar-refractivity contribution in [2.24, 2.45) is 7.05 Å². The average Bonchev–Trinajstić information content (AvgIpc) is 2.82. The van der Waals surface area contributed by atoms with E-state index in [4.69, 9.17) is 16.3 Å². The number of alkyl halides is 3. The minimum absolute atomic E-state index is 0.00674. The molecule has 0 aliphatic carbocycles. The molecular formula is C17H18ClF3N4O2. The number of aromatic nitrogens is 3. The zero-order chi connectivity index (χ0) is 20.2. The highest BCUT2D eigenvalue weighted by Crippen LogP contribution is 2.32. The van der Waals surface area contributed by atoms with Crippen molar-refractivity contribution in [1.82, 2.24) is 14.8 Å². The minimum Gasteiger partial charge on any atom is -0.461 e. The summed E-state index contributed by atoms with van der Waals surface area (Å²) in [5, 5.41) is 6.79. The first-order valence-corrected chi connectivity index (χ1v) is 8.29. The summed E-state index contributed by atoms with van der Waals surface area (Å²) < 4.78 is 44.4. The largest absolute Gasteiger partial charge is 0.461 e. The zero-order valence-corrected chi connectivity index (χ0v) is 15.6. The van der Waals surface area contributed by atoms with Crippen molar-refractivity contribution >= 4 is 29.5 Å². The number of rotatable bonds is 6. The van der Waals surface area contributed by atoms with Crippen LogP contribution in [0.2, 0.25) is 5.02 Å². The maximum atomic E-state index is 12.6. The van der Waals surface area contributed by atoms with Gasteiger partial charge in [-0.1, -0.05) is 11.6 Å². The molecule has 2 rings (SSSR count). The molecule has 0 saturated carbocycles. The van der Waals surface area contributed by atoms with Crippen molar-refractivity contribution in [3.05, 3.63) is 45.9 Å². The molecule has 1 N–H and O–H groups in total. The summed E-state index contributed by atoms with van der Waals surface area (Å²) in [5.74, 6) is -0.469. The predicted molar refractivity (Wildman–Crippen MR) is 95.4 cm³/mol. The first-order valence-electron chi connectivity index (χ1n) is 7.91. The number of anilines is 1. The van der Waals surface area contributed by atoms with Crippen LogP contribution in [0.3, 0.4) is 0 Å². The van der Waals surface area contributed by atoms with E-state index in [-0.39, 0.29) is 24.0 Å². The third kappa shape index (κ3) is 5.46. The van der Waals surface area contributed by atoms with Gasteiger partial charge in [0.05, 0.1) is 22.8 Å². The molecule has 0 amide bonds. The van der Waals surface area contributed by atoms with Crippen LogP contribution in [0.4, 0.5) is 19.0 Å². The maximum Gasteiger partial charge on any atom is 0.417 e. The molecule has 0 aliphatic heterocycles. The van der Waals surface area contributed by atoms with Gasteiger partial charge in [0.25, 0.3) is 0 Å². The number of carbonyl (C=O) groups is 1. The van der Waals surface area contributed by atoms with Gasteiger partial charge in [-0.2, -0.15) is 18.3 Å². The van der Waals surface area contributed by atoms with Crippen LogP contribution in [-0.2, 0) is 22.8 Å². The molecule has 0 fully saturated rings. The lowest BCUT2D eigenvalue weighted by atomic mass is 10.2. The van der Waals surface area contributed by atoms with Gasteiger partial charge in [0.2, 0.25) is 0 Å². The normalized spacial score (nSPS) is 11.8. The number of carbonyl (C=O) groups excluding carboxylic acids is 1. The highest BCUT2D eigenvalue weighted by atomic mass is 35.5. The van der Waals surface area contributed by atoms with E-state index in [1.807, 2.05) is 20.9 Å². The predicted octanol–water partition coefficient (Wildman–Crippen LogP) is 3.77. The van der Waals surface area contributed by atoms with E-state index in [0.717, 1.165) is 23.0 Å². The van der Waals surface area contributed by atoms with Gasteiger partial charge in [0, 0.05) is 30.6 Å². The average molecular weight is 403 g/mol. The van der Waals surface area contributed by atoms with Crippen molar-refractivity contribution in [2.45, 2.75) is 20.0 Å². The SMILES string of the molecule is Cc1nn(C)c(C)c1/C=C\C(=O)OCCNc1ncc(C(F)(F)F)cc1Cl. The fourth-order valence-electron chi connectivity index (χ4n) is 2.27. The molecule has 0 unspecified atom stereocenters. The third-order valence-corrected chi connectivity index (χ3v) is 4.05. The summed E-state index contributed by atoms with van der Waals surface area (Å²) >= 11 is 5.77. The quantitative estimate of drug-likeness (QED) is 0.452. The summed E-state index contributed by atoms with van der Waals surface area (Å²) in [7, 11) is 1.81. The summed E-state index contributed by atoms with van der Waals surface area (Å²) in [6.07, 6.45) is -0.911. The fraction of sp³-hybridized carbons (Fsp3) is 0.353. The Morgan fingerprint density at radius 3 is 2.67 bits per heavy atom. The Hall–Kier alpha value is -2.55. The van der Waals surface area contributed by atoms with Crippen LogP contribution in [0.5, 0.6) is 0 Å². The lowest BCUT2D eigenvalue weighted by Gasteiger charge is -2.10. The molecule has 0 spiro atoms. The van der Waals surface area contributed by atoms with E-state index in [1.54, 1.807) is 10.8 Å². The highest BCUT2D eigenvalue weighted by molar-refractivity contribution is 6.32. The number of halogens is 4. The standard InChI is InChI=1S/C17H18ClF3N4O2/c1-10-13(11(2)25(3)24-10)4-5-15(26)27-7-6-22-16-14(18)8-12(9-23-16)17(19,20)21/h4-5,8-9H,6-7H2,1-3H3,(H,22,23)/b5-4-. The van der Waals surface area contributed by atoms with Crippen molar-refractivity contribution in [1.29, 1.82) is 0 Å². The van der Waals surface area contributed by atoms with Gasteiger partial charge < -0.3 is 10.1 Å². The molecule has 0 aromatic carbocycles. The second-order valence-electron chi connectivity index (χ2n) is 5.69. The maximum absolute atomic E-state index is 12.6. The Labute approximate surface area is 159 Å². The molecule has 0 atom stereocenters.